The van der Waals surface area contributed by atoms with Crippen molar-refractivity contribution >= 4 is 33.3 Å². The van der Waals surface area contributed by atoms with Gasteiger partial charge in [-0.1, -0.05) is 29.8 Å². The summed E-state index contributed by atoms with van der Waals surface area (Å²) in [6.45, 7) is 1.82. The summed E-state index contributed by atoms with van der Waals surface area (Å²) in [4.78, 5) is 12.0. The average Bonchev–Trinajstić information content (AvgIpc) is 2.51. The fraction of sp³-hybridized carbons (Fsp3) is 0.133. The maximum absolute atomic E-state index is 13.1. The quantitative estimate of drug-likeness (QED) is 0.901. The highest BCUT2D eigenvalue weighted by Gasteiger charge is 2.15. The molecular formula is C15H15ClN2O3S. The summed E-state index contributed by atoms with van der Waals surface area (Å²) in [7, 11) is -3.20. The lowest BCUT2D eigenvalue weighted by atomic mass is 10.3. The molecule has 0 aromatic heterocycles. The fourth-order valence-electron chi connectivity index (χ4n) is 1.67. The third-order valence-corrected chi connectivity index (χ3v) is 4.72. The van der Waals surface area contributed by atoms with Crippen LogP contribution in [0.15, 0.2) is 63.9 Å². The molecule has 1 atom stereocenters. The Labute approximate surface area is 134 Å². The molecule has 0 heterocycles. The smallest absolute Gasteiger partial charge is 0.443 e. The van der Waals surface area contributed by atoms with Gasteiger partial charge in [-0.15, -0.1) is 4.36 Å². The minimum atomic E-state index is -3.20. The molecule has 0 radical (unpaired) electrons. The first-order chi connectivity index (χ1) is 10.5. The van der Waals surface area contributed by atoms with Gasteiger partial charge < -0.3 is 4.74 Å². The first kappa shape index (κ1) is 16.3. The van der Waals surface area contributed by atoms with E-state index in [1.54, 1.807) is 61.5 Å². The number of amides is 1. The zero-order valence-electron chi connectivity index (χ0n) is 11.9. The maximum atomic E-state index is 13.1. The molecule has 5 nitrogen and oxygen atoms in total. The van der Waals surface area contributed by atoms with Crippen LogP contribution in [0.2, 0.25) is 5.02 Å². The summed E-state index contributed by atoms with van der Waals surface area (Å²) >= 11 is 5.83. The predicted molar refractivity (Wildman–Crippen MR) is 87.4 cm³/mol. The molecule has 0 saturated heterocycles. The Bertz CT molecular complexity index is 754. The summed E-state index contributed by atoms with van der Waals surface area (Å²) in [5.41, 5.74) is 0.534. The monoisotopic (exact) mass is 338 g/mol. The van der Waals surface area contributed by atoms with Crippen molar-refractivity contribution in [3.63, 3.8) is 0 Å². The highest BCUT2D eigenvalue weighted by Crippen LogP contribution is 2.20. The van der Waals surface area contributed by atoms with E-state index in [4.69, 9.17) is 16.3 Å². The van der Waals surface area contributed by atoms with Gasteiger partial charge in [-0.25, -0.2) is 9.00 Å². The second-order valence-corrected chi connectivity index (χ2v) is 6.58. The number of hydrogen-bond donors (Lipinski definition) is 1. The molecule has 116 valence electrons. The van der Waals surface area contributed by atoms with Crippen molar-refractivity contribution in [3.8, 4) is 0 Å². The van der Waals surface area contributed by atoms with Gasteiger partial charge in [-0.3, -0.25) is 4.72 Å². The van der Waals surface area contributed by atoms with Crippen LogP contribution in [0.1, 0.15) is 6.92 Å². The van der Waals surface area contributed by atoms with Crippen molar-refractivity contribution < 1.29 is 13.7 Å². The average molecular weight is 339 g/mol. The molecule has 22 heavy (non-hydrogen) atoms. The molecule has 0 bridgehead atoms. The summed E-state index contributed by atoms with van der Waals surface area (Å²) in [5.74, 6) is 0. The molecule has 1 amide bonds. The number of anilines is 1. The second kappa shape index (κ2) is 7.29. The first-order valence-corrected chi connectivity index (χ1v) is 8.45. The second-order valence-electron chi connectivity index (χ2n) is 4.24. The maximum Gasteiger partial charge on any atom is 0.443 e. The van der Waals surface area contributed by atoms with Crippen LogP contribution in [0.4, 0.5) is 10.5 Å². The molecule has 0 fully saturated rings. The van der Waals surface area contributed by atoms with Gasteiger partial charge in [0.15, 0.2) is 9.92 Å². The molecule has 0 aliphatic carbocycles. The van der Waals surface area contributed by atoms with Crippen LogP contribution < -0.4 is 4.72 Å². The molecule has 1 unspecified atom stereocenters. The van der Waals surface area contributed by atoms with E-state index in [1.807, 2.05) is 0 Å². The number of hydrogen-bond acceptors (Lipinski definition) is 3. The van der Waals surface area contributed by atoms with E-state index in [0.717, 1.165) is 0 Å². The normalized spacial score (nSPS) is 13.0. The van der Waals surface area contributed by atoms with E-state index >= 15 is 0 Å². The molecule has 2 aromatic rings. The summed E-state index contributed by atoms with van der Waals surface area (Å²) < 4.78 is 24.4. The zero-order valence-corrected chi connectivity index (χ0v) is 13.4. The lowest BCUT2D eigenvalue weighted by molar-refractivity contribution is 0.164. The minimum absolute atomic E-state index is 0.160. The molecule has 0 aliphatic heterocycles. The van der Waals surface area contributed by atoms with Gasteiger partial charge in [0.25, 0.3) is 0 Å². The largest absolute Gasteiger partial charge is 0.448 e. The van der Waals surface area contributed by atoms with E-state index in [0.29, 0.717) is 15.6 Å². The number of benzene rings is 2. The number of ether oxygens (including phenoxy) is 1. The Kier molecular flexibility index (Phi) is 5.41. The summed E-state index contributed by atoms with van der Waals surface area (Å²) in [5, 5.41) is 0.555. The van der Waals surface area contributed by atoms with Gasteiger partial charge in [-0.05, 0) is 43.3 Å². The van der Waals surface area contributed by atoms with Crippen LogP contribution in [-0.4, -0.2) is 16.9 Å². The molecule has 2 aromatic carbocycles. The molecule has 1 N–H and O–H groups in total. The highest BCUT2D eigenvalue weighted by molar-refractivity contribution is 7.95. The van der Waals surface area contributed by atoms with Gasteiger partial charge in [0, 0.05) is 10.7 Å². The van der Waals surface area contributed by atoms with Gasteiger partial charge in [-0.2, -0.15) is 0 Å². The van der Waals surface area contributed by atoms with E-state index in [-0.39, 0.29) is 6.61 Å². The molecule has 0 aliphatic rings. The fourth-order valence-corrected chi connectivity index (χ4v) is 3.31. The van der Waals surface area contributed by atoms with Crippen molar-refractivity contribution in [1.82, 2.24) is 0 Å². The number of rotatable bonds is 4. The lowest BCUT2D eigenvalue weighted by Crippen LogP contribution is -2.15. The minimum Gasteiger partial charge on any atom is -0.448 e. The molecular weight excluding hydrogens is 324 g/mol. The summed E-state index contributed by atoms with van der Waals surface area (Å²) in [6.07, 6.45) is -0.877. The summed E-state index contributed by atoms with van der Waals surface area (Å²) in [6, 6.07) is 15.1. The van der Waals surface area contributed by atoms with Gasteiger partial charge in [0.2, 0.25) is 0 Å². The third-order valence-electron chi connectivity index (χ3n) is 2.63. The van der Waals surface area contributed by atoms with Crippen molar-refractivity contribution in [3.05, 3.63) is 59.6 Å². The Balaban J connectivity index is 2.44. The van der Waals surface area contributed by atoms with Crippen molar-refractivity contribution in [2.75, 3.05) is 11.3 Å². The number of nitrogens with one attached hydrogen (secondary N) is 1. The SMILES string of the molecule is CCOC(=O)N=S(=O)(Nc1ccc(Cl)cc1)c1ccccc1. The van der Waals surface area contributed by atoms with Crippen LogP contribution in [0.3, 0.4) is 0 Å². The Morgan fingerprint density at radius 3 is 2.41 bits per heavy atom. The van der Waals surface area contributed by atoms with Gasteiger partial charge in [0.1, 0.15) is 0 Å². The van der Waals surface area contributed by atoms with Crippen LogP contribution in [0.5, 0.6) is 0 Å². The first-order valence-electron chi connectivity index (χ1n) is 6.56. The van der Waals surface area contributed by atoms with Crippen LogP contribution >= 0.6 is 11.6 Å². The number of nitrogens with zero attached hydrogens (tertiary/aromatic N) is 1. The predicted octanol–water partition coefficient (Wildman–Crippen LogP) is 4.35. The topological polar surface area (TPSA) is 67.8 Å². The highest BCUT2D eigenvalue weighted by atomic mass is 35.5. The third kappa shape index (κ3) is 4.22. The number of halogens is 1. The lowest BCUT2D eigenvalue weighted by Gasteiger charge is -2.13. The van der Waals surface area contributed by atoms with Crippen LogP contribution in [0, 0.1) is 0 Å². The van der Waals surface area contributed by atoms with Gasteiger partial charge >= 0.3 is 6.09 Å². The van der Waals surface area contributed by atoms with E-state index in [9.17, 15) is 9.00 Å². The Morgan fingerprint density at radius 2 is 1.82 bits per heavy atom. The zero-order chi connectivity index (χ0) is 16.0. The Hall–Kier alpha value is -2.05. The standard InChI is InChI=1S/C15H15ClN2O3S/c1-2-21-15(19)18-22(20,14-6-4-3-5-7-14)17-13-10-8-12(16)9-11-13/h3-11H,2H2,1H3,(H,17,18,19,20). The van der Waals surface area contributed by atoms with E-state index < -0.39 is 16.0 Å². The number of carbonyl (C=O) groups excluding carboxylic acids is 1. The van der Waals surface area contributed by atoms with Crippen LogP contribution in [0.25, 0.3) is 0 Å². The Morgan fingerprint density at radius 1 is 1.18 bits per heavy atom. The molecule has 7 heteroatoms. The van der Waals surface area contributed by atoms with Crippen molar-refractivity contribution in [1.29, 1.82) is 0 Å². The number of carbonyl (C=O) groups is 1. The molecule has 0 spiro atoms. The van der Waals surface area contributed by atoms with Crippen LogP contribution in [-0.2, 0) is 14.7 Å². The molecule has 2 rings (SSSR count). The van der Waals surface area contributed by atoms with E-state index in [1.165, 1.54) is 0 Å². The van der Waals surface area contributed by atoms with E-state index in [2.05, 4.69) is 9.08 Å². The van der Waals surface area contributed by atoms with Crippen molar-refractivity contribution in [2.45, 2.75) is 11.8 Å². The van der Waals surface area contributed by atoms with Gasteiger partial charge in [0.05, 0.1) is 11.5 Å². The molecule has 0 saturated carbocycles. The van der Waals surface area contributed by atoms with Crippen molar-refractivity contribution in [2.24, 2.45) is 4.36 Å².